The van der Waals surface area contributed by atoms with E-state index in [1.807, 2.05) is 25.1 Å². The summed E-state index contributed by atoms with van der Waals surface area (Å²) in [4.78, 5) is 13.4. The van der Waals surface area contributed by atoms with Crippen molar-refractivity contribution in [3.63, 3.8) is 0 Å². The molecular formula is C13H17NO2. The van der Waals surface area contributed by atoms with Crippen LogP contribution in [0, 0.1) is 6.92 Å². The number of carbonyl (C=O) groups excluding carboxylic acids is 1. The Kier molecular flexibility index (Phi) is 2.86. The molecule has 0 spiro atoms. The Morgan fingerprint density at radius 3 is 2.94 bits per heavy atom. The molecule has 1 heterocycles. The lowest BCUT2D eigenvalue weighted by Crippen LogP contribution is -2.42. The van der Waals surface area contributed by atoms with Gasteiger partial charge >= 0.3 is 0 Å². The van der Waals surface area contributed by atoms with Crippen molar-refractivity contribution in [2.45, 2.75) is 33.3 Å². The largest absolute Gasteiger partial charge is 0.486 e. The number of nitrogens with zero attached hydrogens (tertiary/aromatic N) is 1. The molecule has 1 aliphatic heterocycles. The fourth-order valence-corrected chi connectivity index (χ4v) is 1.97. The zero-order valence-corrected chi connectivity index (χ0v) is 9.99. The first-order valence-corrected chi connectivity index (χ1v) is 5.67. The molecule has 0 saturated carbocycles. The van der Waals surface area contributed by atoms with Gasteiger partial charge in [-0.2, -0.15) is 0 Å². The monoisotopic (exact) mass is 219 g/mol. The number of aryl methyl sites for hydroxylation is 1. The molecule has 0 radical (unpaired) electrons. The van der Waals surface area contributed by atoms with Gasteiger partial charge in [0.25, 0.3) is 0 Å². The molecule has 1 aromatic carbocycles. The minimum atomic E-state index is 0.0774. The van der Waals surface area contributed by atoms with Crippen LogP contribution in [0.1, 0.15) is 25.8 Å². The maximum absolute atomic E-state index is 11.6. The van der Waals surface area contributed by atoms with Gasteiger partial charge in [-0.15, -0.1) is 0 Å². The van der Waals surface area contributed by atoms with E-state index in [1.165, 1.54) is 0 Å². The fraction of sp³-hybridized carbons (Fsp3) is 0.462. The van der Waals surface area contributed by atoms with E-state index in [9.17, 15) is 4.79 Å². The number of hydrogen-bond donors (Lipinski definition) is 0. The first kappa shape index (κ1) is 11.0. The van der Waals surface area contributed by atoms with Crippen LogP contribution >= 0.6 is 0 Å². The summed E-state index contributed by atoms with van der Waals surface area (Å²) in [7, 11) is 0. The summed E-state index contributed by atoms with van der Waals surface area (Å²) in [5.41, 5.74) is 2.04. The Morgan fingerprint density at radius 1 is 1.56 bits per heavy atom. The molecule has 0 aliphatic carbocycles. The first-order chi connectivity index (χ1) is 7.61. The number of carbonyl (C=O) groups is 1. The average molecular weight is 219 g/mol. The van der Waals surface area contributed by atoms with E-state index in [-0.39, 0.29) is 12.0 Å². The summed E-state index contributed by atoms with van der Waals surface area (Å²) in [6, 6.07) is 5.96. The van der Waals surface area contributed by atoms with Crippen LogP contribution in [0.5, 0.6) is 5.75 Å². The smallest absolute Gasteiger partial charge is 0.224 e. The van der Waals surface area contributed by atoms with Crippen LogP contribution in [0.4, 0.5) is 5.69 Å². The predicted molar refractivity (Wildman–Crippen MR) is 63.9 cm³/mol. The maximum Gasteiger partial charge on any atom is 0.224 e. The van der Waals surface area contributed by atoms with Gasteiger partial charge in [0.1, 0.15) is 11.9 Å². The van der Waals surface area contributed by atoms with Crippen molar-refractivity contribution in [1.29, 1.82) is 0 Å². The van der Waals surface area contributed by atoms with Crippen LogP contribution < -0.4 is 9.64 Å². The Hall–Kier alpha value is -1.51. The lowest BCUT2D eigenvalue weighted by Gasteiger charge is -2.34. The van der Waals surface area contributed by atoms with Crippen LogP contribution in [-0.2, 0) is 4.79 Å². The Morgan fingerprint density at radius 2 is 2.31 bits per heavy atom. The number of benzene rings is 1. The number of ether oxygens (including phenoxy) is 1. The Labute approximate surface area is 96.0 Å². The van der Waals surface area contributed by atoms with Gasteiger partial charge in [0, 0.05) is 6.92 Å². The van der Waals surface area contributed by atoms with Crippen LogP contribution in [0.2, 0.25) is 0 Å². The molecule has 0 bridgehead atoms. The third kappa shape index (κ3) is 1.90. The van der Waals surface area contributed by atoms with E-state index < -0.39 is 0 Å². The minimum absolute atomic E-state index is 0.0774. The zero-order chi connectivity index (χ0) is 11.7. The van der Waals surface area contributed by atoms with E-state index in [1.54, 1.807) is 11.8 Å². The SMILES string of the molecule is CC[C@H]1CN(C(C)=O)c2cc(C)ccc2O1. The van der Waals surface area contributed by atoms with Gasteiger partial charge in [-0.3, -0.25) is 4.79 Å². The first-order valence-electron chi connectivity index (χ1n) is 5.67. The molecule has 0 N–H and O–H groups in total. The van der Waals surface area contributed by atoms with Crippen molar-refractivity contribution in [3.8, 4) is 5.75 Å². The quantitative estimate of drug-likeness (QED) is 0.726. The summed E-state index contributed by atoms with van der Waals surface area (Å²) in [5.74, 6) is 0.896. The second kappa shape index (κ2) is 4.16. The van der Waals surface area contributed by atoms with E-state index in [4.69, 9.17) is 4.74 Å². The second-order valence-corrected chi connectivity index (χ2v) is 4.25. The lowest BCUT2D eigenvalue weighted by molar-refractivity contribution is -0.117. The van der Waals surface area contributed by atoms with Gasteiger partial charge in [-0.05, 0) is 31.0 Å². The normalized spacial score (nSPS) is 18.9. The maximum atomic E-state index is 11.6. The van der Waals surface area contributed by atoms with Crippen LogP contribution in [-0.4, -0.2) is 18.6 Å². The Balaban J connectivity index is 2.42. The number of anilines is 1. The second-order valence-electron chi connectivity index (χ2n) is 4.25. The topological polar surface area (TPSA) is 29.5 Å². The average Bonchev–Trinajstić information content (AvgIpc) is 2.27. The molecule has 1 atom stereocenters. The van der Waals surface area contributed by atoms with E-state index in [0.717, 1.165) is 23.4 Å². The van der Waals surface area contributed by atoms with Crippen molar-refractivity contribution >= 4 is 11.6 Å². The van der Waals surface area contributed by atoms with Gasteiger partial charge in [0.15, 0.2) is 0 Å². The van der Waals surface area contributed by atoms with E-state index in [0.29, 0.717) is 6.54 Å². The summed E-state index contributed by atoms with van der Waals surface area (Å²) in [5, 5.41) is 0. The van der Waals surface area contributed by atoms with Gasteiger partial charge < -0.3 is 9.64 Å². The van der Waals surface area contributed by atoms with Gasteiger partial charge in [0.05, 0.1) is 12.2 Å². The highest BCUT2D eigenvalue weighted by atomic mass is 16.5. The molecule has 16 heavy (non-hydrogen) atoms. The van der Waals surface area contributed by atoms with Crippen molar-refractivity contribution in [3.05, 3.63) is 23.8 Å². The highest BCUT2D eigenvalue weighted by Gasteiger charge is 2.26. The number of amides is 1. The van der Waals surface area contributed by atoms with Crippen LogP contribution in [0.25, 0.3) is 0 Å². The molecular weight excluding hydrogens is 202 g/mol. The Bertz CT molecular complexity index is 414. The van der Waals surface area contributed by atoms with Gasteiger partial charge in [-0.1, -0.05) is 13.0 Å². The van der Waals surface area contributed by atoms with Crippen molar-refractivity contribution in [2.24, 2.45) is 0 Å². The predicted octanol–water partition coefficient (Wildman–Crippen LogP) is 2.52. The molecule has 3 heteroatoms. The van der Waals surface area contributed by atoms with Crippen molar-refractivity contribution < 1.29 is 9.53 Å². The number of fused-ring (bicyclic) bond motifs is 1. The molecule has 1 aromatic rings. The van der Waals surface area contributed by atoms with Crippen LogP contribution in [0.15, 0.2) is 18.2 Å². The number of rotatable bonds is 1. The van der Waals surface area contributed by atoms with Crippen LogP contribution in [0.3, 0.4) is 0 Å². The fourth-order valence-electron chi connectivity index (χ4n) is 1.97. The lowest BCUT2D eigenvalue weighted by atomic mass is 10.1. The van der Waals surface area contributed by atoms with Crippen molar-refractivity contribution in [2.75, 3.05) is 11.4 Å². The molecule has 0 unspecified atom stereocenters. The van der Waals surface area contributed by atoms with E-state index >= 15 is 0 Å². The summed E-state index contributed by atoms with van der Waals surface area (Å²) in [6.07, 6.45) is 1.02. The standard InChI is InChI=1S/C13H17NO2/c1-4-11-8-14(10(3)15)12-7-9(2)5-6-13(12)16-11/h5-7,11H,4,8H2,1-3H3/t11-/m0/s1. The molecule has 2 rings (SSSR count). The highest BCUT2D eigenvalue weighted by molar-refractivity contribution is 5.93. The molecule has 1 aliphatic rings. The van der Waals surface area contributed by atoms with Gasteiger partial charge in [0.2, 0.25) is 5.91 Å². The zero-order valence-electron chi connectivity index (χ0n) is 9.99. The summed E-state index contributed by atoms with van der Waals surface area (Å²) >= 11 is 0. The van der Waals surface area contributed by atoms with Gasteiger partial charge in [-0.25, -0.2) is 0 Å². The third-order valence-electron chi connectivity index (χ3n) is 2.92. The van der Waals surface area contributed by atoms with Crippen molar-refractivity contribution in [1.82, 2.24) is 0 Å². The minimum Gasteiger partial charge on any atom is -0.486 e. The summed E-state index contributed by atoms with van der Waals surface area (Å²) in [6.45, 7) is 6.35. The molecule has 86 valence electrons. The van der Waals surface area contributed by atoms with E-state index in [2.05, 4.69) is 6.92 Å². The molecule has 0 fully saturated rings. The molecule has 0 saturated heterocycles. The molecule has 3 nitrogen and oxygen atoms in total. The number of hydrogen-bond acceptors (Lipinski definition) is 2. The molecule has 0 aromatic heterocycles. The summed E-state index contributed by atoms with van der Waals surface area (Å²) < 4.78 is 5.82. The molecule has 1 amide bonds. The third-order valence-corrected chi connectivity index (χ3v) is 2.92. The highest BCUT2D eigenvalue weighted by Crippen LogP contribution is 2.34.